The quantitative estimate of drug-likeness (QED) is 0.902. The van der Waals surface area contributed by atoms with Crippen LogP contribution in [0.3, 0.4) is 0 Å². The Morgan fingerprint density at radius 3 is 2.89 bits per heavy atom. The molecule has 0 amide bonds. The molecule has 0 saturated heterocycles. The number of aromatic nitrogens is 1. The van der Waals surface area contributed by atoms with Crippen molar-refractivity contribution >= 4 is 17.4 Å². The van der Waals surface area contributed by atoms with Gasteiger partial charge < -0.3 is 15.6 Å². The minimum atomic E-state index is -0.775. The molecule has 4 nitrogen and oxygen atoms in total. The SMILES string of the molecule is COc1ccccc1CC(O)c1cc(Cl)cnc1N. The molecular formula is C14H15ClN2O2. The first-order chi connectivity index (χ1) is 9.11. The molecule has 5 heteroatoms. The van der Waals surface area contributed by atoms with Gasteiger partial charge in [0, 0.05) is 18.2 Å². The number of rotatable bonds is 4. The molecule has 0 bridgehead atoms. The number of aliphatic hydroxyl groups excluding tert-OH is 1. The third-order valence-corrected chi connectivity index (χ3v) is 3.09. The van der Waals surface area contributed by atoms with Crippen LogP contribution in [-0.2, 0) is 6.42 Å². The summed E-state index contributed by atoms with van der Waals surface area (Å²) in [6, 6.07) is 9.15. The number of hydrogen-bond donors (Lipinski definition) is 2. The van der Waals surface area contributed by atoms with Crippen molar-refractivity contribution in [2.45, 2.75) is 12.5 Å². The Balaban J connectivity index is 2.25. The summed E-state index contributed by atoms with van der Waals surface area (Å²) in [5.74, 6) is 1.02. The molecule has 3 N–H and O–H groups in total. The average Bonchev–Trinajstić information content (AvgIpc) is 2.42. The Morgan fingerprint density at radius 1 is 1.42 bits per heavy atom. The molecule has 0 aliphatic heterocycles. The topological polar surface area (TPSA) is 68.4 Å². The van der Waals surface area contributed by atoms with E-state index in [0.717, 1.165) is 11.3 Å². The van der Waals surface area contributed by atoms with Crippen molar-refractivity contribution < 1.29 is 9.84 Å². The van der Waals surface area contributed by atoms with E-state index in [4.69, 9.17) is 22.1 Å². The molecule has 1 atom stereocenters. The van der Waals surface area contributed by atoms with E-state index < -0.39 is 6.10 Å². The van der Waals surface area contributed by atoms with E-state index in [2.05, 4.69) is 4.98 Å². The first kappa shape index (κ1) is 13.6. The Hall–Kier alpha value is -1.78. The molecule has 1 unspecified atom stereocenters. The fourth-order valence-electron chi connectivity index (χ4n) is 1.92. The number of benzene rings is 1. The summed E-state index contributed by atoms with van der Waals surface area (Å²) >= 11 is 5.87. The van der Waals surface area contributed by atoms with E-state index >= 15 is 0 Å². The van der Waals surface area contributed by atoms with E-state index in [-0.39, 0.29) is 5.82 Å². The highest BCUT2D eigenvalue weighted by Crippen LogP contribution is 2.28. The summed E-state index contributed by atoms with van der Waals surface area (Å²) in [6.45, 7) is 0. The van der Waals surface area contributed by atoms with Crippen molar-refractivity contribution in [1.82, 2.24) is 4.98 Å². The highest BCUT2D eigenvalue weighted by atomic mass is 35.5. The van der Waals surface area contributed by atoms with Crippen LogP contribution in [0, 0.1) is 0 Å². The van der Waals surface area contributed by atoms with Gasteiger partial charge in [-0.25, -0.2) is 4.98 Å². The first-order valence-corrected chi connectivity index (χ1v) is 6.20. The van der Waals surface area contributed by atoms with Crippen LogP contribution in [-0.4, -0.2) is 17.2 Å². The minimum Gasteiger partial charge on any atom is -0.496 e. The molecule has 1 aromatic heterocycles. The number of nitrogens with two attached hydrogens (primary N) is 1. The number of pyridine rings is 1. The summed E-state index contributed by atoms with van der Waals surface area (Å²) in [5.41, 5.74) is 7.18. The average molecular weight is 279 g/mol. The molecule has 1 aromatic carbocycles. The van der Waals surface area contributed by atoms with Gasteiger partial charge in [-0.3, -0.25) is 0 Å². The van der Waals surface area contributed by atoms with Crippen LogP contribution >= 0.6 is 11.6 Å². The van der Waals surface area contributed by atoms with Gasteiger partial charge >= 0.3 is 0 Å². The lowest BCUT2D eigenvalue weighted by Crippen LogP contribution is -2.07. The van der Waals surface area contributed by atoms with Crippen LogP contribution in [0.15, 0.2) is 36.5 Å². The summed E-state index contributed by atoms with van der Waals surface area (Å²) in [6.07, 6.45) is 1.06. The van der Waals surface area contributed by atoms with Gasteiger partial charge in [0.2, 0.25) is 0 Å². The molecule has 0 aliphatic carbocycles. The Bertz CT molecular complexity index is 575. The number of para-hydroxylation sites is 1. The van der Waals surface area contributed by atoms with Gasteiger partial charge in [0.25, 0.3) is 0 Å². The van der Waals surface area contributed by atoms with Crippen molar-refractivity contribution in [3.05, 3.63) is 52.7 Å². The third kappa shape index (κ3) is 3.16. The van der Waals surface area contributed by atoms with E-state index in [9.17, 15) is 5.11 Å². The number of halogens is 1. The predicted molar refractivity (Wildman–Crippen MR) is 75.3 cm³/mol. The lowest BCUT2D eigenvalue weighted by Gasteiger charge is -2.15. The zero-order valence-electron chi connectivity index (χ0n) is 10.5. The van der Waals surface area contributed by atoms with Gasteiger partial charge in [-0.05, 0) is 17.7 Å². The molecule has 0 aliphatic rings. The molecule has 100 valence electrons. The molecule has 0 fully saturated rings. The van der Waals surface area contributed by atoms with E-state index in [1.807, 2.05) is 24.3 Å². The van der Waals surface area contributed by atoms with E-state index in [1.165, 1.54) is 6.20 Å². The lowest BCUT2D eigenvalue weighted by atomic mass is 10.0. The Morgan fingerprint density at radius 2 is 2.16 bits per heavy atom. The summed E-state index contributed by atoms with van der Waals surface area (Å²) in [4.78, 5) is 3.94. The van der Waals surface area contributed by atoms with Crippen LogP contribution in [0.5, 0.6) is 5.75 Å². The largest absolute Gasteiger partial charge is 0.496 e. The molecule has 0 saturated carbocycles. The van der Waals surface area contributed by atoms with Gasteiger partial charge in [0.15, 0.2) is 0 Å². The summed E-state index contributed by atoms with van der Waals surface area (Å²) in [5, 5.41) is 10.7. The third-order valence-electron chi connectivity index (χ3n) is 2.88. The minimum absolute atomic E-state index is 0.284. The van der Waals surface area contributed by atoms with Crippen molar-refractivity contribution in [3.63, 3.8) is 0 Å². The number of anilines is 1. The number of nitrogen functional groups attached to an aromatic ring is 1. The monoisotopic (exact) mass is 278 g/mol. The second-order valence-electron chi connectivity index (χ2n) is 4.16. The van der Waals surface area contributed by atoms with E-state index in [1.54, 1.807) is 13.2 Å². The molecular weight excluding hydrogens is 264 g/mol. The normalized spacial score (nSPS) is 12.2. The maximum absolute atomic E-state index is 10.3. The van der Waals surface area contributed by atoms with Gasteiger partial charge in [-0.1, -0.05) is 29.8 Å². The maximum Gasteiger partial charge on any atom is 0.129 e. The Kier molecular flexibility index (Phi) is 4.24. The molecule has 19 heavy (non-hydrogen) atoms. The van der Waals surface area contributed by atoms with Crippen molar-refractivity contribution in [2.24, 2.45) is 0 Å². The standard InChI is InChI=1S/C14H15ClN2O2/c1-19-13-5-3-2-4-9(13)6-12(18)11-7-10(15)8-17-14(11)16/h2-5,7-8,12,18H,6H2,1H3,(H2,16,17). The molecule has 1 heterocycles. The van der Waals surface area contributed by atoms with Crippen LogP contribution in [0.1, 0.15) is 17.2 Å². The second-order valence-corrected chi connectivity index (χ2v) is 4.60. The summed E-state index contributed by atoms with van der Waals surface area (Å²) < 4.78 is 5.25. The van der Waals surface area contributed by atoms with Gasteiger partial charge in [-0.2, -0.15) is 0 Å². The zero-order chi connectivity index (χ0) is 13.8. The van der Waals surface area contributed by atoms with Crippen molar-refractivity contribution in [3.8, 4) is 5.75 Å². The van der Waals surface area contributed by atoms with Gasteiger partial charge in [-0.15, -0.1) is 0 Å². The predicted octanol–water partition coefficient (Wildman–Crippen LogP) is 2.60. The van der Waals surface area contributed by atoms with Crippen molar-refractivity contribution in [2.75, 3.05) is 12.8 Å². The molecule has 0 radical (unpaired) electrons. The molecule has 2 aromatic rings. The van der Waals surface area contributed by atoms with Gasteiger partial charge in [0.1, 0.15) is 11.6 Å². The van der Waals surface area contributed by atoms with Crippen LogP contribution in [0.2, 0.25) is 5.02 Å². The maximum atomic E-state index is 10.3. The number of methoxy groups -OCH3 is 1. The Labute approximate surface area is 116 Å². The molecule has 0 spiro atoms. The van der Waals surface area contributed by atoms with Crippen LogP contribution in [0.25, 0.3) is 0 Å². The lowest BCUT2D eigenvalue weighted by molar-refractivity contribution is 0.177. The number of ether oxygens (including phenoxy) is 1. The van der Waals surface area contributed by atoms with E-state index in [0.29, 0.717) is 17.0 Å². The summed E-state index contributed by atoms with van der Waals surface area (Å²) in [7, 11) is 1.60. The highest BCUT2D eigenvalue weighted by molar-refractivity contribution is 6.30. The fourth-order valence-corrected chi connectivity index (χ4v) is 2.09. The fraction of sp³-hybridized carbons (Fsp3) is 0.214. The number of hydrogen-bond acceptors (Lipinski definition) is 4. The number of nitrogens with zero attached hydrogens (tertiary/aromatic N) is 1. The van der Waals surface area contributed by atoms with Crippen LogP contribution in [0.4, 0.5) is 5.82 Å². The number of aliphatic hydroxyl groups is 1. The zero-order valence-corrected chi connectivity index (χ0v) is 11.3. The smallest absolute Gasteiger partial charge is 0.129 e. The van der Waals surface area contributed by atoms with Crippen LogP contribution < -0.4 is 10.5 Å². The van der Waals surface area contributed by atoms with Crippen molar-refractivity contribution in [1.29, 1.82) is 0 Å². The molecule has 2 rings (SSSR count). The second kappa shape index (κ2) is 5.91. The first-order valence-electron chi connectivity index (χ1n) is 5.82. The van der Waals surface area contributed by atoms with Gasteiger partial charge in [0.05, 0.1) is 18.2 Å². The highest BCUT2D eigenvalue weighted by Gasteiger charge is 2.15.